The van der Waals surface area contributed by atoms with Crippen LogP contribution in [-0.4, -0.2) is 7.05 Å². The van der Waals surface area contributed by atoms with Gasteiger partial charge in [-0.3, -0.25) is 0 Å². The molecule has 94 valence electrons. The van der Waals surface area contributed by atoms with Gasteiger partial charge < -0.3 is 5.32 Å². The van der Waals surface area contributed by atoms with E-state index >= 15 is 0 Å². The first-order valence-electron chi connectivity index (χ1n) is 6.18. The lowest BCUT2D eigenvalue weighted by Crippen LogP contribution is -2.19. The topological polar surface area (TPSA) is 12.0 Å². The van der Waals surface area contributed by atoms with Gasteiger partial charge in [0.25, 0.3) is 0 Å². The minimum atomic E-state index is 0.351. The molecule has 0 radical (unpaired) electrons. The van der Waals surface area contributed by atoms with Crippen LogP contribution in [0.5, 0.6) is 0 Å². The fourth-order valence-electron chi connectivity index (χ4n) is 2.17. The average molecular weight is 304 g/mol. The first-order chi connectivity index (χ1) is 8.70. The Morgan fingerprint density at radius 3 is 2.56 bits per heavy atom. The number of aryl methyl sites for hydroxylation is 1. The molecule has 0 aliphatic heterocycles. The van der Waals surface area contributed by atoms with Crippen molar-refractivity contribution >= 4 is 15.9 Å². The van der Waals surface area contributed by atoms with Crippen LogP contribution in [0.15, 0.2) is 53.0 Å². The van der Waals surface area contributed by atoms with E-state index in [0.29, 0.717) is 6.04 Å². The van der Waals surface area contributed by atoms with E-state index in [2.05, 4.69) is 76.7 Å². The highest BCUT2D eigenvalue weighted by Crippen LogP contribution is 2.22. The highest BCUT2D eigenvalue weighted by atomic mass is 79.9. The molecule has 0 aliphatic rings. The predicted molar refractivity (Wildman–Crippen MR) is 80.8 cm³/mol. The van der Waals surface area contributed by atoms with Gasteiger partial charge >= 0.3 is 0 Å². The Labute approximate surface area is 117 Å². The van der Waals surface area contributed by atoms with Gasteiger partial charge in [0.15, 0.2) is 0 Å². The predicted octanol–water partition coefficient (Wildman–Crippen LogP) is 4.26. The molecule has 0 spiro atoms. The molecule has 0 saturated heterocycles. The maximum absolute atomic E-state index is 3.53. The highest BCUT2D eigenvalue weighted by Gasteiger charge is 2.11. The standard InChI is InChI=1S/C16H18BrN/c1-12-6-3-4-7-13(12)11-16(18-2)14-8-5-9-15(17)10-14/h3-10,16,18H,11H2,1-2H3. The summed E-state index contributed by atoms with van der Waals surface area (Å²) in [5.41, 5.74) is 4.07. The summed E-state index contributed by atoms with van der Waals surface area (Å²) in [7, 11) is 2.02. The molecule has 2 rings (SSSR count). The molecule has 0 heterocycles. The molecule has 0 saturated carbocycles. The molecule has 1 unspecified atom stereocenters. The molecule has 0 bridgehead atoms. The lowest BCUT2D eigenvalue weighted by atomic mass is 9.96. The van der Waals surface area contributed by atoms with Gasteiger partial charge in [-0.15, -0.1) is 0 Å². The second kappa shape index (κ2) is 6.17. The van der Waals surface area contributed by atoms with Crippen molar-refractivity contribution in [2.45, 2.75) is 19.4 Å². The van der Waals surface area contributed by atoms with E-state index in [-0.39, 0.29) is 0 Å². The molecule has 0 aliphatic carbocycles. The molecule has 1 nitrogen and oxygen atoms in total. The van der Waals surface area contributed by atoms with Crippen molar-refractivity contribution in [2.75, 3.05) is 7.05 Å². The normalized spacial score (nSPS) is 12.4. The largest absolute Gasteiger partial charge is 0.313 e. The van der Waals surface area contributed by atoms with Gasteiger partial charge in [0.05, 0.1) is 0 Å². The van der Waals surface area contributed by atoms with Crippen LogP contribution in [0.1, 0.15) is 22.7 Å². The molecule has 0 amide bonds. The second-order valence-electron chi connectivity index (χ2n) is 4.53. The molecule has 2 aromatic rings. The van der Waals surface area contributed by atoms with Gasteiger partial charge in [-0.2, -0.15) is 0 Å². The Morgan fingerprint density at radius 1 is 1.11 bits per heavy atom. The van der Waals surface area contributed by atoms with Crippen LogP contribution in [-0.2, 0) is 6.42 Å². The summed E-state index contributed by atoms with van der Waals surface area (Å²) in [5, 5.41) is 3.40. The number of rotatable bonds is 4. The van der Waals surface area contributed by atoms with Crippen LogP contribution in [0.3, 0.4) is 0 Å². The third kappa shape index (κ3) is 3.21. The minimum Gasteiger partial charge on any atom is -0.313 e. The molecular weight excluding hydrogens is 286 g/mol. The third-order valence-corrected chi connectivity index (χ3v) is 3.78. The third-order valence-electron chi connectivity index (χ3n) is 3.28. The van der Waals surface area contributed by atoms with Crippen molar-refractivity contribution in [3.05, 3.63) is 69.7 Å². The number of likely N-dealkylation sites (N-methyl/N-ethyl adjacent to an activating group) is 1. The molecule has 1 atom stereocenters. The summed E-state index contributed by atoms with van der Waals surface area (Å²) in [5.74, 6) is 0. The van der Waals surface area contributed by atoms with Gasteiger partial charge in [0.2, 0.25) is 0 Å². The van der Waals surface area contributed by atoms with Crippen molar-refractivity contribution in [1.29, 1.82) is 0 Å². The van der Waals surface area contributed by atoms with E-state index in [4.69, 9.17) is 0 Å². The van der Waals surface area contributed by atoms with Gasteiger partial charge in [-0.05, 0) is 49.2 Å². The SMILES string of the molecule is CNC(Cc1ccccc1C)c1cccc(Br)c1. The monoisotopic (exact) mass is 303 g/mol. The van der Waals surface area contributed by atoms with Crippen molar-refractivity contribution in [3.8, 4) is 0 Å². The maximum Gasteiger partial charge on any atom is 0.0358 e. The number of benzene rings is 2. The average Bonchev–Trinajstić information content (AvgIpc) is 2.38. The van der Waals surface area contributed by atoms with Crippen LogP contribution >= 0.6 is 15.9 Å². The summed E-state index contributed by atoms with van der Waals surface area (Å²) < 4.78 is 1.13. The number of hydrogen-bond acceptors (Lipinski definition) is 1. The minimum absolute atomic E-state index is 0.351. The Balaban J connectivity index is 2.23. The summed E-state index contributed by atoms with van der Waals surface area (Å²) in [6, 6.07) is 17.4. The Bertz CT molecular complexity index is 522. The number of halogens is 1. The molecule has 0 aromatic heterocycles. The fourth-order valence-corrected chi connectivity index (χ4v) is 2.59. The first-order valence-corrected chi connectivity index (χ1v) is 6.97. The summed E-state index contributed by atoms with van der Waals surface area (Å²) in [6.07, 6.45) is 1.01. The number of hydrogen-bond donors (Lipinski definition) is 1. The van der Waals surface area contributed by atoms with E-state index in [1.807, 2.05) is 7.05 Å². The zero-order chi connectivity index (χ0) is 13.0. The zero-order valence-corrected chi connectivity index (χ0v) is 12.4. The van der Waals surface area contributed by atoms with Crippen molar-refractivity contribution in [3.63, 3.8) is 0 Å². The first kappa shape index (κ1) is 13.3. The van der Waals surface area contributed by atoms with Gasteiger partial charge in [0.1, 0.15) is 0 Å². The van der Waals surface area contributed by atoms with E-state index in [1.165, 1.54) is 16.7 Å². The van der Waals surface area contributed by atoms with Crippen LogP contribution in [0.2, 0.25) is 0 Å². The van der Waals surface area contributed by atoms with Crippen LogP contribution in [0, 0.1) is 6.92 Å². The van der Waals surface area contributed by atoms with Gasteiger partial charge in [0, 0.05) is 10.5 Å². The van der Waals surface area contributed by atoms with Crippen LogP contribution < -0.4 is 5.32 Å². The van der Waals surface area contributed by atoms with Gasteiger partial charge in [-0.25, -0.2) is 0 Å². The molecular formula is C16H18BrN. The van der Waals surface area contributed by atoms with E-state index in [1.54, 1.807) is 0 Å². The smallest absolute Gasteiger partial charge is 0.0358 e. The molecule has 18 heavy (non-hydrogen) atoms. The second-order valence-corrected chi connectivity index (χ2v) is 5.44. The van der Waals surface area contributed by atoms with E-state index < -0.39 is 0 Å². The molecule has 2 aromatic carbocycles. The lowest BCUT2D eigenvalue weighted by Gasteiger charge is -2.18. The van der Waals surface area contributed by atoms with Crippen molar-refractivity contribution in [2.24, 2.45) is 0 Å². The Kier molecular flexibility index (Phi) is 4.56. The van der Waals surface area contributed by atoms with Gasteiger partial charge in [-0.1, -0.05) is 52.3 Å². The molecule has 0 fully saturated rings. The van der Waals surface area contributed by atoms with Crippen molar-refractivity contribution in [1.82, 2.24) is 5.32 Å². The highest BCUT2D eigenvalue weighted by molar-refractivity contribution is 9.10. The summed E-state index contributed by atoms with van der Waals surface area (Å²) in [4.78, 5) is 0. The zero-order valence-electron chi connectivity index (χ0n) is 10.8. The van der Waals surface area contributed by atoms with Crippen molar-refractivity contribution < 1.29 is 0 Å². The summed E-state index contributed by atoms with van der Waals surface area (Å²) in [6.45, 7) is 2.17. The Morgan fingerprint density at radius 2 is 1.89 bits per heavy atom. The summed E-state index contributed by atoms with van der Waals surface area (Å²) >= 11 is 3.53. The maximum atomic E-state index is 3.53. The molecule has 1 N–H and O–H groups in total. The quantitative estimate of drug-likeness (QED) is 0.890. The van der Waals surface area contributed by atoms with E-state index in [0.717, 1.165) is 10.9 Å². The molecule has 2 heteroatoms. The van der Waals surface area contributed by atoms with Crippen LogP contribution in [0.25, 0.3) is 0 Å². The lowest BCUT2D eigenvalue weighted by molar-refractivity contribution is 0.590. The van der Waals surface area contributed by atoms with Crippen LogP contribution in [0.4, 0.5) is 0 Å². The fraction of sp³-hybridized carbons (Fsp3) is 0.250. The number of nitrogens with one attached hydrogen (secondary N) is 1. The Hall–Kier alpha value is -1.12. The van der Waals surface area contributed by atoms with E-state index in [9.17, 15) is 0 Å².